The van der Waals surface area contributed by atoms with Crippen LogP contribution in [-0.4, -0.2) is 26.1 Å². The Hall–Kier alpha value is -3.01. The van der Waals surface area contributed by atoms with E-state index in [1.807, 2.05) is 30.3 Å². The molecule has 1 N–H and O–H groups in total. The maximum Gasteiger partial charge on any atom is 0.216 e. The zero-order chi connectivity index (χ0) is 17.6. The normalized spacial score (nSPS) is 10.5. The van der Waals surface area contributed by atoms with Gasteiger partial charge >= 0.3 is 0 Å². The molecule has 1 amide bonds. The molecule has 0 aromatic heterocycles. The number of nitrogens with one attached hydrogen (secondary N) is 1. The number of hydrogen-bond acceptors (Lipinski definition) is 3. The minimum Gasteiger partial charge on any atom is -0.497 e. The maximum absolute atomic E-state index is 11.3. The number of carbonyl (C=O) groups is 1. The lowest BCUT2D eigenvalue weighted by molar-refractivity contribution is -0.118. The predicted molar refractivity (Wildman–Crippen MR) is 103 cm³/mol. The third-order valence-electron chi connectivity index (χ3n) is 4.13. The Kier molecular flexibility index (Phi) is 5.19. The highest BCUT2D eigenvalue weighted by Gasteiger charge is 2.13. The molecular formula is C21H22N2O2. The van der Waals surface area contributed by atoms with Crippen LogP contribution in [-0.2, 0) is 4.79 Å². The van der Waals surface area contributed by atoms with Crippen LogP contribution in [0.3, 0.4) is 0 Å². The number of amides is 1. The van der Waals surface area contributed by atoms with E-state index in [-0.39, 0.29) is 5.91 Å². The van der Waals surface area contributed by atoms with Crippen molar-refractivity contribution < 1.29 is 9.53 Å². The maximum atomic E-state index is 11.3. The molecule has 0 aliphatic rings. The van der Waals surface area contributed by atoms with Crippen LogP contribution in [0, 0.1) is 0 Å². The molecule has 0 spiro atoms. The lowest BCUT2D eigenvalue weighted by Crippen LogP contribution is -2.31. The average Bonchev–Trinajstić information content (AvgIpc) is 2.65. The van der Waals surface area contributed by atoms with Gasteiger partial charge in [-0.25, -0.2) is 0 Å². The highest BCUT2D eigenvalue weighted by Crippen LogP contribution is 2.33. The number of methoxy groups -OCH3 is 1. The van der Waals surface area contributed by atoms with Crippen molar-refractivity contribution >= 4 is 28.1 Å². The fraction of sp³-hybridized carbons (Fsp3) is 0.190. The number of ether oxygens (including phenoxy) is 1. The van der Waals surface area contributed by atoms with Crippen molar-refractivity contribution in [3.05, 3.63) is 66.7 Å². The predicted octanol–water partition coefficient (Wildman–Crippen LogP) is 4.12. The Bertz CT molecular complexity index is 871. The van der Waals surface area contributed by atoms with E-state index < -0.39 is 0 Å². The molecule has 0 saturated carbocycles. The van der Waals surface area contributed by atoms with Crippen molar-refractivity contribution in [1.29, 1.82) is 0 Å². The van der Waals surface area contributed by atoms with E-state index >= 15 is 0 Å². The topological polar surface area (TPSA) is 41.6 Å². The van der Waals surface area contributed by atoms with Crippen LogP contribution < -0.4 is 15.0 Å². The smallest absolute Gasteiger partial charge is 0.216 e. The Morgan fingerprint density at radius 3 is 2.60 bits per heavy atom. The third-order valence-corrected chi connectivity index (χ3v) is 4.13. The summed E-state index contributed by atoms with van der Waals surface area (Å²) >= 11 is 0. The molecule has 0 fully saturated rings. The molecular weight excluding hydrogens is 312 g/mol. The summed E-state index contributed by atoms with van der Waals surface area (Å²) in [4.78, 5) is 13.5. The molecule has 3 aromatic rings. The SMILES string of the molecule is COc1cccc(N(CCNC(C)=O)c2cccc3ccccc23)c1. The second-order valence-electron chi connectivity index (χ2n) is 5.83. The molecule has 4 heteroatoms. The van der Waals surface area contributed by atoms with Crippen LogP contribution in [0.4, 0.5) is 11.4 Å². The van der Waals surface area contributed by atoms with Crippen molar-refractivity contribution in [1.82, 2.24) is 5.32 Å². The molecule has 25 heavy (non-hydrogen) atoms. The van der Waals surface area contributed by atoms with Crippen molar-refractivity contribution in [3.8, 4) is 5.75 Å². The lowest BCUT2D eigenvalue weighted by atomic mass is 10.1. The molecule has 4 nitrogen and oxygen atoms in total. The van der Waals surface area contributed by atoms with E-state index in [2.05, 4.69) is 46.6 Å². The molecule has 0 bridgehead atoms. The van der Waals surface area contributed by atoms with Crippen LogP contribution in [0.15, 0.2) is 66.7 Å². The Morgan fingerprint density at radius 2 is 1.80 bits per heavy atom. The first-order valence-corrected chi connectivity index (χ1v) is 8.33. The molecule has 0 unspecified atom stereocenters. The molecule has 128 valence electrons. The van der Waals surface area contributed by atoms with Gasteiger partial charge in [-0.05, 0) is 23.6 Å². The Labute approximate surface area is 148 Å². The van der Waals surface area contributed by atoms with Gasteiger partial charge in [-0.15, -0.1) is 0 Å². The van der Waals surface area contributed by atoms with E-state index in [0.29, 0.717) is 13.1 Å². The van der Waals surface area contributed by atoms with Crippen LogP contribution in [0.5, 0.6) is 5.75 Å². The zero-order valence-corrected chi connectivity index (χ0v) is 14.5. The second kappa shape index (κ2) is 7.71. The molecule has 3 aromatic carbocycles. The first-order valence-electron chi connectivity index (χ1n) is 8.33. The number of anilines is 2. The van der Waals surface area contributed by atoms with Gasteiger partial charge in [0.15, 0.2) is 0 Å². The summed E-state index contributed by atoms with van der Waals surface area (Å²) in [7, 11) is 1.67. The fourth-order valence-electron chi connectivity index (χ4n) is 2.95. The van der Waals surface area contributed by atoms with Gasteiger partial charge in [0.2, 0.25) is 5.91 Å². The zero-order valence-electron chi connectivity index (χ0n) is 14.5. The van der Waals surface area contributed by atoms with Crippen LogP contribution in [0.1, 0.15) is 6.92 Å². The quantitative estimate of drug-likeness (QED) is 0.737. The van der Waals surface area contributed by atoms with Crippen molar-refractivity contribution in [2.24, 2.45) is 0 Å². The standard InChI is InChI=1S/C21H22N2O2/c1-16(24)22-13-14-23(18-9-6-10-19(15-18)25-2)21-12-5-8-17-7-3-4-11-20(17)21/h3-12,15H,13-14H2,1-2H3,(H,22,24). The molecule has 0 radical (unpaired) electrons. The molecule has 3 rings (SSSR count). The average molecular weight is 334 g/mol. The van der Waals surface area contributed by atoms with Crippen molar-refractivity contribution in [2.75, 3.05) is 25.1 Å². The summed E-state index contributed by atoms with van der Waals surface area (Å²) in [6.07, 6.45) is 0. The van der Waals surface area contributed by atoms with Gasteiger partial charge in [-0.3, -0.25) is 4.79 Å². The Morgan fingerprint density at radius 1 is 1.04 bits per heavy atom. The van der Waals surface area contributed by atoms with E-state index in [0.717, 1.165) is 17.1 Å². The largest absolute Gasteiger partial charge is 0.497 e. The molecule has 0 aliphatic heterocycles. The summed E-state index contributed by atoms with van der Waals surface area (Å²) < 4.78 is 5.37. The second-order valence-corrected chi connectivity index (χ2v) is 5.83. The van der Waals surface area contributed by atoms with Gasteiger partial charge in [0.25, 0.3) is 0 Å². The summed E-state index contributed by atoms with van der Waals surface area (Å²) in [6.45, 7) is 2.77. The lowest BCUT2D eigenvalue weighted by Gasteiger charge is -2.27. The summed E-state index contributed by atoms with van der Waals surface area (Å²) in [6, 6.07) is 22.6. The number of nitrogens with zero attached hydrogens (tertiary/aromatic N) is 1. The van der Waals surface area contributed by atoms with Gasteiger partial charge < -0.3 is 15.0 Å². The first-order chi connectivity index (χ1) is 12.2. The van der Waals surface area contributed by atoms with E-state index in [1.54, 1.807) is 7.11 Å². The van der Waals surface area contributed by atoms with Crippen LogP contribution in [0.25, 0.3) is 10.8 Å². The van der Waals surface area contributed by atoms with Crippen LogP contribution >= 0.6 is 0 Å². The van der Waals surface area contributed by atoms with Gasteiger partial charge in [0.05, 0.1) is 7.11 Å². The summed E-state index contributed by atoms with van der Waals surface area (Å²) in [5.74, 6) is 0.783. The molecule has 0 heterocycles. The monoisotopic (exact) mass is 334 g/mol. The van der Waals surface area contributed by atoms with Crippen molar-refractivity contribution in [3.63, 3.8) is 0 Å². The van der Waals surface area contributed by atoms with E-state index in [4.69, 9.17) is 4.74 Å². The number of rotatable bonds is 6. The number of fused-ring (bicyclic) bond motifs is 1. The van der Waals surface area contributed by atoms with Gasteiger partial charge in [-0.2, -0.15) is 0 Å². The fourth-order valence-corrected chi connectivity index (χ4v) is 2.95. The molecule has 0 aliphatic carbocycles. The van der Waals surface area contributed by atoms with E-state index in [9.17, 15) is 4.79 Å². The Balaban J connectivity index is 2.04. The third kappa shape index (κ3) is 3.91. The van der Waals surface area contributed by atoms with Gasteiger partial charge in [-0.1, -0.05) is 42.5 Å². The highest BCUT2D eigenvalue weighted by atomic mass is 16.5. The number of benzene rings is 3. The van der Waals surface area contributed by atoms with E-state index in [1.165, 1.54) is 17.7 Å². The van der Waals surface area contributed by atoms with Crippen LogP contribution in [0.2, 0.25) is 0 Å². The summed E-state index contributed by atoms with van der Waals surface area (Å²) in [5.41, 5.74) is 2.14. The van der Waals surface area contributed by atoms with Gasteiger partial charge in [0, 0.05) is 42.8 Å². The number of hydrogen-bond donors (Lipinski definition) is 1. The minimum absolute atomic E-state index is 0.0245. The highest BCUT2D eigenvalue weighted by molar-refractivity contribution is 5.96. The molecule has 0 atom stereocenters. The molecule has 0 saturated heterocycles. The van der Waals surface area contributed by atoms with Crippen molar-refractivity contribution in [2.45, 2.75) is 6.92 Å². The summed E-state index contributed by atoms with van der Waals surface area (Å²) in [5, 5.41) is 5.24. The van der Waals surface area contributed by atoms with Gasteiger partial charge in [0.1, 0.15) is 5.75 Å². The minimum atomic E-state index is -0.0245. The number of carbonyl (C=O) groups excluding carboxylic acids is 1. The first kappa shape index (κ1) is 16.8.